The van der Waals surface area contributed by atoms with Gasteiger partial charge in [-0.3, -0.25) is 19.2 Å². The number of aryl methyl sites for hydroxylation is 2. The van der Waals surface area contributed by atoms with Gasteiger partial charge in [0.15, 0.2) is 0 Å². The molecule has 2 amide bonds. The molecule has 2 aromatic heterocycles. The van der Waals surface area contributed by atoms with Crippen molar-refractivity contribution in [2.24, 2.45) is 11.8 Å². The zero-order valence-corrected chi connectivity index (χ0v) is 41.0. The number of aromatic nitrogens is 4. The summed E-state index contributed by atoms with van der Waals surface area (Å²) in [5.74, 6) is -0.941. The summed E-state index contributed by atoms with van der Waals surface area (Å²) in [6, 6.07) is 26.6. The molecule has 0 spiro atoms. The maximum Gasteiger partial charge on any atom is 0.419 e. The maximum atomic E-state index is 13.5. The molecule has 4 N–H and O–H groups in total. The SMILES string of the molecule is C.Cc1cc(Oc2cc(NC(=O)C3CC3)ncn2)ccc1CC(=O)Cc1ccc(F)c(C(F)(F)F)c1.Cc1cc(Oc2cc(NC(=O)C3CC3)ncn2)ccc1N.O=C(Cc1ccc(F)c(C(F)(F)F)c1)Oc1ccccc1. The second-order valence-electron chi connectivity index (χ2n) is 17.8. The minimum absolute atomic E-state index is 0. The quantitative estimate of drug-likeness (QED) is 0.0381. The van der Waals surface area contributed by atoms with Gasteiger partial charge in [-0.15, -0.1) is 0 Å². The number of benzene rings is 5. The summed E-state index contributed by atoms with van der Waals surface area (Å²) in [4.78, 5) is 63.8. The standard InChI is InChI=1S/C25H21F4N3O3.C15H10F4O2.C15H16N4O2.CH4/c1-14-8-19(35-23-12-22(30-13-31-23)32-24(34)16-3-4-16)6-5-17(14)11-18(33)9-15-2-7-21(26)20(10-15)25(27,28)29;16-13-7-6-10(8-12(13)15(17,18)19)9-14(20)21-11-4-2-1-3-5-11;1-9-6-11(4-5-12(9)16)21-14-7-13(17-8-18-14)19-15(20)10-2-3-10;/h2,5-8,10,12-13,16H,3-4,9,11H2,1H3,(H,30,31,32,34);1-8H,9H2;4-8,10H,2-3,16H2,1H3,(H,17,18,19,20);1H4. The summed E-state index contributed by atoms with van der Waals surface area (Å²) in [7, 11) is 0. The fourth-order valence-corrected chi connectivity index (χ4v) is 7.08. The van der Waals surface area contributed by atoms with Crippen molar-refractivity contribution in [3.63, 3.8) is 0 Å². The Morgan fingerprint density at radius 2 is 1.04 bits per heavy atom. The van der Waals surface area contributed by atoms with Crippen LogP contribution in [0, 0.1) is 37.3 Å². The van der Waals surface area contributed by atoms with Gasteiger partial charge in [-0.2, -0.15) is 26.3 Å². The average Bonchev–Trinajstić information content (AvgIpc) is 4.31. The molecule has 14 nitrogen and oxygen atoms in total. The van der Waals surface area contributed by atoms with Crippen molar-refractivity contribution >= 4 is 40.9 Å². The maximum absolute atomic E-state index is 13.5. The lowest BCUT2D eigenvalue weighted by Gasteiger charge is -2.11. The van der Waals surface area contributed by atoms with Crippen molar-refractivity contribution in [1.82, 2.24) is 19.9 Å². The fourth-order valence-electron chi connectivity index (χ4n) is 7.08. The van der Waals surface area contributed by atoms with Gasteiger partial charge in [0.1, 0.15) is 59.0 Å². The number of hydrogen-bond acceptors (Lipinski definition) is 12. The molecule has 2 aliphatic carbocycles. The topological polar surface area (TPSA) is 198 Å². The summed E-state index contributed by atoms with van der Waals surface area (Å²) < 4.78 is 119. The van der Waals surface area contributed by atoms with Gasteiger partial charge in [0.05, 0.1) is 17.5 Å². The summed E-state index contributed by atoms with van der Waals surface area (Å²) >= 11 is 0. The largest absolute Gasteiger partial charge is 0.439 e. The van der Waals surface area contributed by atoms with Gasteiger partial charge in [0.2, 0.25) is 23.6 Å². The Labute approximate surface area is 442 Å². The highest BCUT2D eigenvalue weighted by Gasteiger charge is 2.36. The number of hydrogen-bond donors (Lipinski definition) is 3. The second kappa shape index (κ2) is 25.8. The third kappa shape index (κ3) is 17.6. The highest BCUT2D eigenvalue weighted by Crippen LogP contribution is 2.35. The van der Waals surface area contributed by atoms with Crippen molar-refractivity contribution in [2.75, 3.05) is 16.4 Å². The molecule has 0 radical (unpaired) electrons. The van der Waals surface area contributed by atoms with Crippen LogP contribution in [0.15, 0.2) is 128 Å². The van der Waals surface area contributed by atoms with E-state index in [1.54, 1.807) is 73.7 Å². The van der Waals surface area contributed by atoms with E-state index in [2.05, 4.69) is 30.6 Å². The number of Topliss-reactive ketones (excluding diaryl/α,β-unsaturated/α-hetero) is 1. The molecule has 0 atom stereocenters. The number of anilines is 3. The monoisotopic (exact) mass is 1090 g/mol. The molecule has 2 aliphatic rings. The number of carbonyl (C=O) groups excluding carboxylic acids is 4. The molecule has 0 bridgehead atoms. The molecule has 5 aromatic carbocycles. The molecule has 2 fully saturated rings. The number of alkyl halides is 6. The van der Waals surface area contributed by atoms with Crippen LogP contribution in [0.5, 0.6) is 29.0 Å². The van der Waals surface area contributed by atoms with E-state index in [9.17, 15) is 54.3 Å². The first-order valence-corrected chi connectivity index (χ1v) is 23.6. The summed E-state index contributed by atoms with van der Waals surface area (Å²) in [5, 5.41) is 5.48. The number of rotatable bonds is 15. The number of esters is 1. The lowest BCUT2D eigenvalue weighted by molar-refractivity contribution is -0.141. The number of ether oxygens (including phenoxy) is 3. The summed E-state index contributed by atoms with van der Waals surface area (Å²) in [6.07, 6.45) is -3.99. The molecule has 0 saturated heterocycles. The first-order chi connectivity index (χ1) is 36.6. The molecule has 2 heterocycles. The van der Waals surface area contributed by atoms with E-state index >= 15 is 0 Å². The second-order valence-corrected chi connectivity index (χ2v) is 17.8. The van der Waals surface area contributed by atoms with Crippen LogP contribution in [0.4, 0.5) is 52.4 Å². The third-order valence-corrected chi connectivity index (χ3v) is 11.5. The van der Waals surface area contributed by atoms with Crippen molar-refractivity contribution in [3.05, 3.63) is 178 Å². The van der Waals surface area contributed by atoms with Crippen LogP contribution in [0.2, 0.25) is 0 Å². The van der Waals surface area contributed by atoms with E-state index in [0.29, 0.717) is 64.2 Å². The van der Waals surface area contributed by atoms with Gasteiger partial charge in [0.25, 0.3) is 0 Å². The third-order valence-electron chi connectivity index (χ3n) is 11.5. The molecule has 0 unspecified atom stereocenters. The van der Waals surface area contributed by atoms with Gasteiger partial charge in [0, 0.05) is 42.5 Å². The Morgan fingerprint density at radius 1 is 0.564 bits per heavy atom. The number of nitrogens with two attached hydrogens (primary N) is 1. The van der Waals surface area contributed by atoms with Gasteiger partial charge >= 0.3 is 18.3 Å². The van der Waals surface area contributed by atoms with Gasteiger partial charge < -0.3 is 30.6 Å². The lowest BCUT2D eigenvalue weighted by Crippen LogP contribution is -2.14. The number of amides is 2. The number of para-hydroxylation sites is 1. The van der Waals surface area contributed by atoms with Crippen molar-refractivity contribution in [1.29, 1.82) is 0 Å². The van der Waals surface area contributed by atoms with Crippen LogP contribution in [0.25, 0.3) is 0 Å². The van der Waals surface area contributed by atoms with Crippen LogP contribution in [0.1, 0.15) is 72.1 Å². The number of nitrogen functional groups attached to an aromatic ring is 1. The van der Waals surface area contributed by atoms with E-state index < -0.39 is 41.1 Å². The van der Waals surface area contributed by atoms with Gasteiger partial charge in [-0.05, 0) is 134 Å². The highest BCUT2D eigenvalue weighted by molar-refractivity contribution is 5.94. The van der Waals surface area contributed by atoms with Crippen LogP contribution in [0.3, 0.4) is 0 Å². The molecule has 0 aliphatic heterocycles. The smallest absolute Gasteiger partial charge is 0.419 e. The zero-order chi connectivity index (χ0) is 55.4. The van der Waals surface area contributed by atoms with Crippen LogP contribution >= 0.6 is 0 Å². The molecule has 2 saturated carbocycles. The predicted molar refractivity (Wildman–Crippen MR) is 271 cm³/mol. The van der Waals surface area contributed by atoms with E-state index in [-0.39, 0.29) is 73.1 Å². The van der Waals surface area contributed by atoms with Crippen molar-refractivity contribution < 1.29 is 68.5 Å². The van der Waals surface area contributed by atoms with Crippen LogP contribution < -0.4 is 30.6 Å². The first kappa shape index (κ1) is 58.4. The Morgan fingerprint density at radius 3 is 1.50 bits per heavy atom. The van der Waals surface area contributed by atoms with E-state index in [1.807, 2.05) is 13.0 Å². The normalized spacial score (nSPS) is 12.7. The number of nitrogens with zero attached hydrogens (tertiary/aromatic N) is 4. The van der Waals surface area contributed by atoms with E-state index in [4.69, 9.17) is 19.9 Å². The Balaban J connectivity index is 0.000000198. The fraction of sp³-hybridized carbons (Fsp3) is 0.250. The lowest BCUT2D eigenvalue weighted by atomic mass is 9.98. The minimum Gasteiger partial charge on any atom is -0.439 e. The molecule has 408 valence electrons. The molecule has 78 heavy (non-hydrogen) atoms. The number of ketones is 1. The summed E-state index contributed by atoms with van der Waals surface area (Å²) in [6.45, 7) is 3.68. The number of carbonyl (C=O) groups is 4. The van der Waals surface area contributed by atoms with Crippen molar-refractivity contribution in [2.45, 2.75) is 78.6 Å². The average molecular weight is 1090 g/mol. The number of nitrogens with one attached hydrogen (secondary N) is 2. The first-order valence-electron chi connectivity index (χ1n) is 23.6. The molecule has 7 aromatic rings. The zero-order valence-electron chi connectivity index (χ0n) is 41.0. The molecular formula is C56H51F8N7O7. The predicted octanol–water partition coefficient (Wildman–Crippen LogP) is 12.6. The van der Waals surface area contributed by atoms with Crippen LogP contribution in [-0.2, 0) is 50.8 Å². The van der Waals surface area contributed by atoms with E-state index in [1.165, 1.54) is 24.8 Å². The Bertz CT molecular complexity index is 3260. The van der Waals surface area contributed by atoms with Gasteiger partial charge in [-0.1, -0.05) is 43.8 Å². The molecule has 9 rings (SSSR count). The summed E-state index contributed by atoms with van der Waals surface area (Å²) in [5.41, 5.74) is 6.17. The van der Waals surface area contributed by atoms with Gasteiger partial charge in [-0.25, -0.2) is 28.7 Å². The van der Waals surface area contributed by atoms with Crippen LogP contribution in [-0.4, -0.2) is 43.5 Å². The van der Waals surface area contributed by atoms with Crippen molar-refractivity contribution in [3.8, 4) is 29.0 Å². The minimum atomic E-state index is -4.83. The number of halogens is 8. The highest BCUT2D eigenvalue weighted by atomic mass is 19.4. The Hall–Kier alpha value is -8.82. The molecule has 22 heteroatoms. The molecular weight excluding hydrogens is 1030 g/mol. The van der Waals surface area contributed by atoms with E-state index in [0.717, 1.165) is 48.9 Å². The Kier molecular flexibility index (Phi) is 19.3.